The van der Waals surface area contributed by atoms with Crippen LogP contribution >= 0.6 is 35.3 Å². The van der Waals surface area contributed by atoms with Gasteiger partial charge in [-0.15, -0.1) is 15.3 Å². The molecule has 3 saturated heterocycles. The summed E-state index contributed by atoms with van der Waals surface area (Å²) in [4.78, 5) is 75.1. The van der Waals surface area contributed by atoms with E-state index < -0.39 is 17.9 Å². The molecule has 3 amide bonds. The number of hydrogen-bond donors (Lipinski definition) is 3. The molecule has 1 unspecified atom stereocenters. The lowest BCUT2D eigenvalue weighted by atomic mass is 9.99. The minimum absolute atomic E-state index is 0.0130. The summed E-state index contributed by atoms with van der Waals surface area (Å²) >= 11 is 3.80. The number of benzene rings is 3. The van der Waals surface area contributed by atoms with Crippen molar-refractivity contribution in [3.63, 3.8) is 0 Å². The van der Waals surface area contributed by atoms with Gasteiger partial charge in [0.25, 0.3) is 0 Å². The van der Waals surface area contributed by atoms with Crippen LogP contribution in [0.3, 0.4) is 0 Å². The zero-order chi connectivity index (χ0) is 52.6. The third-order valence-corrected chi connectivity index (χ3v) is 14.6. The summed E-state index contributed by atoms with van der Waals surface area (Å²) in [6.07, 6.45) is 4.31. The molecule has 3 aliphatic rings. The molecule has 3 aromatic heterocycles. The van der Waals surface area contributed by atoms with Gasteiger partial charge in [0.1, 0.15) is 0 Å². The standard InChI is InChI=1S/2C16H19N5O3S.C14H15N5O4S/c1-11-6-8-20(9-7-11)14(22)10-25-16-17-18-19-21(16)13-4-2-12(3-5-13)15(23)24;1-11-3-2-8-20(9-11)14(22)10-25-16-17-18-19-21(16)13-6-4-12(5-7-13)15(23)24;20-12(18-5-7-23-8-6-18)9-24-14-15-16-17-19(14)11-3-1-10(2-4-11)13(21)22/h2-5,11H,6-10H2,1H3,(H,23,24);4-7,11H,2-3,8-10H2,1H3,(H,23,24);1-4H,5-9H2,(H,21,22). The lowest BCUT2D eigenvalue weighted by Crippen LogP contribution is -2.41. The average Bonchev–Trinajstić information content (AvgIpc) is 4.22. The van der Waals surface area contributed by atoms with E-state index >= 15 is 0 Å². The first kappa shape index (κ1) is 54.5. The third-order valence-electron chi connectivity index (χ3n) is 11.9. The zero-order valence-electron chi connectivity index (χ0n) is 40.3. The number of tetrazole rings is 3. The number of thioether (sulfide) groups is 3. The molecule has 0 saturated carbocycles. The largest absolute Gasteiger partial charge is 0.478 e. The topological polar surface area (TPSA) is 313 Å². The monoisotopic (exact) mass is 1070 g/mol. The van der Waals surface area contributed by atoms with E-state index in [1.165, 1.54) is 92.2 Å². The van der Waals surface area contributed by atoms with E-state index in [4.69, 9.17) is 20.1 Å². The van der Waals surface area contributed by atoms with Gasteiger partial charge < -0.3 is 34.8 Å². The fourth-order valence-electron chi connectivity index (χ4n) is 7.67. The maximum Gasteiger partial charge on any atom is 0.335 e. The molecule has 6 aromatic rings. The molecule has 3 fully saturated rings. The molecule has 3 N–H and O–H groups in total. The van der Waals surface area contributed by atoms with Crippen LogP contribution in [0.2, 0.25) is 0 Å². The maximum atomic E-state index is 12.4. The van der Waals surface area contributed by atoms with Crippen LogP contribution in [0, 0.1) is 11.8 Å². The molecule has 0 radical (unpaired) electrons. The molecular weight excluding hydrogens is 1020 g/mol. The number of nitrogens with zero attached hydrogens (tertiary/aromatic N) is 15. The Bertz CT molecular complexity index is 2850. The van der Waals surface area contributed by atoms with Crippen LogP contribution in [0.5, 0.6) is 0 Å². The fraction of sp³-hybridized carbons (Fsp3) is 0.413. The molecule has 6 heterocycles. The van der Waals surface area contributed by atoms with Crippen molar-refractivity contribution in [2.45, 2.75) is 55.0 Å². The van der Waals surface area contributed by atoms with Crippen LogP contribution in [-0.4, -0.2) is 196 Å². The van der Waals surface area contributed by atoms with Crippen molar-refractivity contribution in [3.8, 4) is 17.1 Å². The minimum atomic E-state index is -0.996. The Kier molecular flexibility index (Phi) is 19.6. The number of carboxylic acid groups (broad SMARTS) is 3. The van der Waals surface area contributed by atoms with Crippen LogP contribution in [0.15, 0.2) is 88.3 Å². The predicted molar refractivity (Wildman–Crippen MR) is 268 cm³/mol. The van der Waals surface area contributed by atoms with Gasteiger partial charge in [-0.25, -0.2) is 14.4 Å². The number of piperidine rings is 2. The van der Waals surface area contributed by atoms with E-state index in [9.17, 15) is 28.8 Å². The van der Waals surface area contributed by atoms with Crippen LogP contribution in [0.25, 0.3) is 17.1 Å². The molecule has 0 aliphatic carbocycles. The quantitative estimate of drug-likeness (QED) is 0.123. The predicted octanol–water partition coefficient (Wildman–Crippen LogP) is 3.73. The number of ether oxygens (including phenoxy) is 1. The number of carbonyl (C=O) groups is 6. The van der Waals surface area contributed by atoms with Gasteiger partial charge in [0.05, 0.1) is 64.2 Å². The molecule has 0 bridgehead atoms. The van der Waals surface area contributed by atoms with Crippen molar-refractivity contribution in [2.24, 2.45) is 11.8 Å². The van der Waals surface area contributed by atoms with E-state index in [1.807, 2.05) is 9.80 Å². The van der Waals surface area contributed by atoms with E-state index in [0.717, 1.165) is 45.4 Å². The highest BCUT2D eigenvalue weighted by molar-refractivity contribution is 8.00. The van der Waals surface area contributed by atoms with Crippen molar-refractivity contribution in [2.75, 3.05) is 69.7 Å². The first-order valence-corrected chi connectivity index (χ1v) is 26.4. The maximum absolute atomic E-state index is 12.4. The Morgan fingerprint density at radius 1 is 0.486 bits per heavy atom. The summed E-state index contributed by atoms with van der Waals surface area (Å²) in [7, 11) is 0. The molecule has 9 rings (SSSR count). The van der Waals surface area contributed by atoms with Crippen molar-refractivity contribution in [1.29, 1.82) is 0 Å². The van der Waals surface area contributed by atoms with Gasteiger partial charge in [0.15, 0.2) is 0 Å². The van der Waals surface area contributed by atoms with Crippen molar-refractivity contribution in [1.82, 2.24) is 75.3 Å². The SMILES string of the molecule is CC1CCCN(C(=O)CSc2nnnn2-c2ccc(C(=O)O)cc2)C1.CC1CCN(C(=O)CSc2nnnn2-c2ccc(C(=O)O)cc2)CC1.O=C(O)c1ccc(-n2nnnc2SCC(=O)N2CCOCC2)cc1. The number of carbonyl (C=O) groups excluding carboxylic acids is 3. The van der Waals surface area contributed by atoms with E-state index in [-0.39, 0.29) is 51.7 Å². The van der Waals surface area contributed by atoms with Gasteiger partial charge in [0.2, 0.25) is 33.2 Å². The molecule has 28 heteroatoms. The van der Waals surface area contributed by atoms with E-state index in [0.29, 0.717) is 70.7 Å². The summed E-state index contributed by atoms with van der Waals surface area (Å²) in [6, 6.07) is 18.7. The number of carboxylic acids is 3. The molecule has 390 valence electrons. The summed E-state index contributed by atoms with van der Waals surface area (Å²) in [6.45, 7) is 9.92. The normalized spacial score (nSPS) is 15.8. The Morgan fingerprint density at radius 2 is 0.838 bits per heavy atom. The fourth-order valence-corrected chi connectivity index (χ4v) is 10.0. The molecular formula is C46H53N15O10S3. The van der Waals surface area contributed by atoms with Crippen LogP contribution in [0.4, 0.5) is 0 Å². The van der Waals surface area contributed by atoms with Gasteiger partial charge in [-0.2, -0.15) is 14.0 Å². The number of likely N-dealkylation sites (tertiary alicyclic amines) is 2. The molecule has 0 spiro atoms. The summed E-state index contributed by atoms with van der Waals surface area (Å²) in [5, 5.41) is 62.8. The van der Waals surface area contributed by atoms with Crippen LogP contribution < -0.4 is 0 Å². The number of amides is 3. The number of aromatic carboxylic acids is 3. The number of aromatic nitrogens is 12. The summed E-state index contributed by atoms with van der Waals surface area (Å²) in [5.41, 5.74) is 2.50. The highest BCUT2D eigenvalue weighted by Crippen LogP contribution is 2.24. The summed E-state index contributed by atoms with van der Waals surface area (Å²) in [5.74, 6) is -0.768. The number of morpholine rings is 1. The van der Waals surface area contributed by atoms with Gasteiger partial charge in [-0.05, 0) is 142 Å². The van der Waals surface area contributed by atoms with Crippen LogP contribution in [0.1, 0.15) is 70.6 Å². The molecule has 74 heavy (non-hydrogen) atoms. The lowest BCUT2D eigenvalue weighted by Gasteiger charge is -2.30. The first-order valence-electron chi connectivity index (χ1n) is 23.4. The molecule has 25 nitrogen and oxygen atoms in total. The average molecular weight is 1070 g/mol. The highest BCUT2D eigenvalue weighted by atomic mass is 32.2. The second-order valence-electron chi connectivity index (χ2n) is 17.2. The highest BCUT2D eigenvalue weighted by Gasteiger charge is 2.24. The zero-order valence-corrected chi connectivity index (χ0v) is 42.8. The van der Waals surface area contributed by atoms with Gasteiger partial charge in [-0.1, -0.05) is 49.1 Å². The number of hydrogen-bond acceptors (Lipinski definition) is 19. The number of rotatable bonds is 15. The van der Waals surface area contributed by atoms with E-state index in [1.54, 1.807) is 41.3 Å². The second kappa shape index (κ2) is 26.6. The Balaban J connectivity index is 0.000000162. The molecule has 3 aliphatic heterocycles. The summed E-state index contributed by atoms with van der Waals surface area (Å²) < 4.78 is 9.70. The second-order valence-corrected chi connectivity index (χ2v) is 20.0. The van der Waals surface area contributed by atoms with Gasteiger partial charge in [0, 0.05) is 39.3 Å². The minimum Gasteiger partial charge on any atom is -0.478 e. The van der Waals surface area contributed by atoms with Gasteiger partial charge >= 0.3 is 17.9 Å². The Hall–Kier alpha value is -7.30. The van der Waals surface area contributed by atoms with Crippen molar-refractivity contribution in [3.05, 3.63) is 89.5 Å². The Morgan fingerprint density at radius 3 is 1.19 bits per heavy atom. The van der Waals surface area contributed by atoms with Crippen LogP contribution in [-0.2, 0) is 19.1 Å². The smallest absolute Gasteiger partial charge is 0.335 e. The lowest BCUT2D eigenvalue weighted by molar-refractivity contribution is -0.132. The Labute approximate surface area is 436 Å². The van der Waals surface area contributed by atoms with Gasteiger partial charge in [-0.3, -0.25) is 14.4 Å². The molecule has 3 aromatic carbocycles. The van der Waals surface area contributed by atoms with Crippen molar-refractivity contribution >= 4 is 70.9 Å². The first-order chi connectivity index (χ1) is 35.7. The van der Waals surface area contributed by atoms with Crippen molar-refractivity contribution < 1.29 is 48.8 Å². The van der Waals surface area contributed by atoms with E-state index in [2.05, 4.69) is 60.4 Å². The molecule has 1 atom stereocenters. The third kappa shape index (κ3) is 15.1.